The van der Waals surface area contributed by atoms with E-state index in [1.165, 1.54) is 4.90 Å². The highest BCUT2D eigenvalue weighted by atomic mass is 16.5. The minimum absolute atomic E-state index is 0.0916. The number of hydrogen-bond acceptors (Lipinski definition) is 3. The predicted octanol–water partition coefficient (Wildman–Crippen LogP) is -0.105. The van der Waals surface area contributed by atoms with E-state index in [0.717, 1.165) is 0 Å². The van der Waals surface area contributed by atoms with Gasteiger partial charge in [-0.05, 0) is 13.8 Å². The molecule has 0 atom stereocenters. The van der Waals surface area contributed by atoms with Crippen molar-refractivity contribution >= 4 is 11.9 Å². The number of rotatable bonds is 3. The van der Waals surface area contributed by atoms with Crippen molar-refractivity contribution < 1.29 is 14.3 Å². The number of morpholine rings is 1. The maximum atomic E-state index is 11.9. The molecule has 0 aromatic carbocycles. The van der Waals surface area contributed by atoms with E-state index in [9.17, 15) is 9.59 Å². The van der Waals surface area contributed by atoms with Gasteiger partial charge in [-0.25, -0.2) is 4.79 Å². The largest absolute Gasteiger partial charge is 0.378 e. The molecular formula is C11H21N3O3. The fraction of sp³-hybridized carbons (Fsp3) is 0.818. The van der Waals surface area contributed by atoms with Gasteiger partial charge in [0.05, 0.1) is 13.2 Å². The number of urea groups is 1. The Hall–Kier alpha value is -1.30. The first kappa shape index (κ1) is 13.8. The maximum absolute atomic E-state index is 11.9. The van der Waals surface area contributed by atoms with E-state index >= 15 is 0 Å². The summed E-state index contributed by atoms with van der Waals surface area (Å²) in [5.41, 5.74) is 0. The van der Waals surface area contributed by atoms with Crippen LogP contribution in [0.1, 0.15) is 13.8 Å². The number of nitrogens with one attached hydrogen (secondary N) is 1. The van der Waals surface area contributed by atoms with Crippen LogP contribution >= 0.6 is 0 Å². The average molecular weight is 243 g/mol. The summed E-state index contributed by atoms with van der Waals surface area (Å²) >= 11 is 0. The quantitative estimate of drug-likeness (QED) is 0.752. The zero-order valence-corrected chi connectivity index (χ0v) is 10.7. The summed E-state index contributed by atoms with van der Waals surface area (Å²) in [6.45, 7) is 6.19. The molecule has 1 aliphatic rings. The Labute approximate surface area is 102 Å². The third kappa shape index (κ3) is 4.60. The van der Waals surface area contributed by atoms with Crippen LogP contribution in [-0.4, -0.2) is 67.7 Å². The van der Waals surface area contributed by atoms with Crippen molar-refractivity contribution in [3.05, 3.63) is 0 Å². The number of nitrogens with zero attached hydrogens (tertiary/aromatic N) is 2. The lowest BCUT2D eigenvalue weighted by molar-refractivity contribution is -0.122. The summed E-state index contributed by atoms with van der Waals surface area (Å²) in [7, 11) is 1.64. The van der Waals surface area contributed by atoms with E-state index in [2.05, 4.69) is 5.32 Å². The van der Waals surface area contributed by atoms with Crippen LogP contribution in [0.25, 0.3) is 0 Å². The SMILES string of the molecule is CC(C)NC(=O)CN(C)C(=O)N1CCOCC1. The lowest BCUT2D eigenvalue weighted by Gasteiger charge is -2.30. The molecule has 17 heavy (non-hydrogen) atoms. The number of carbonyl (C=O) groups excluding carboxylic acids is 2. The monoisotopic (exact) mass is 243 g/mol. The zero-order valence-electron chi connectivity index (χ0n) is 10.7. The van der Waals surface area contributed by atoms with Crippen molar-refractivity contribution in [3.8, 4) is 0 Å². The molecule has 0 saturated carbocycles. The summed E-state index contributed by atoms with van der Waals surface area (Å²) < 4.78 is 5.17. The van der Waals surface area contributed by atoms with Gasteiger partial charge < -0.3 is 19.9 Å². The fourth-order valence-electron chi connectivity index (χ4n) is 1.65. The van der Waals surface area contributed by atoms with Crippen LogP contribution in [-0.2, 0) is 9.53 Å². The Bertz CT molecular complexity index is 275. The Kier molecular flexibility index (Phi) is 5.21. The highest BCUT2D eigenvalue weighted by Crippen LogP contribution is 2.01. The molecule has 1 rings (SSSR count). The smallest absolute Gasteiger partial charge is 0.320 e. The predicted molar refractivity (Wildman–Crippen MR) is 63.7 cm³/mol. The van der Waals surface area contributed by atoms with Gasteiger partial charge in [-0.2, -0.15) is 0 Å². The second-order valence-electron chi connectivity index (χ2n) is 4.46. The van der Waals surface area contributed by atoms with Gasteiger partial charge in [-0.15, -0.1) is 0 Å². The van der Waals surface area contributed by atoms with Crippen molar-refractivity contribution in [2.75, 3.05) is 39.9 Å². The number of ether oxygens (including phenoxy) is 1. The number of carbonyl (C=O) groups is 2. The highest BCUT2D eigenvalue weighted by Gasteiger charge is 2.21. The number of likely N-dealkylation sites (N-methyl/N-ethyl adjacent to an activating group) is 1. The molecule has 0 aromatic rings. The summed E-state index contributed by atoms with van der Waals surface area (Å²) in [5.74, 6) is -0.135. The molecular weight excluding hydrogens is 222 g/mol. The van der Waals surface area contributed by atoms with Crippen LogP contribution in [0.15, 0.2) is 0 Å². The molecule has 1 heterocycles. The van der Waals surface area contributed by atoms with Crippen molar-refractivity contribution in [2.45, 2.75) is 19.9 Å². The van der Waals surface area contributed by atoms with Crippen LogP contribution in [0.4, 0.5) is 4.79 Å². The first-order chi connectivity index (χ1) is 8.00. The molecule has 0 radical (unpaired) electrons. The van der Waals surface area contributed by atoms with E-state index in [1.807, 2.05) is 13.8 Å². The molecule has 0 bridgehead atoms. The van der Waals surface area contributed by atoms with Crippen molar-refractivity contribution in [1.29, 1.82) is 0 Å². The molecule has 0 aliphatic carbocycles. The van der Waals surface area contributed by atoms with E-state index < -0.39 is 0 Å². The average Bonchev–Trinajstić information content (AvgIpc) is 2.28. The van der Waals surface area contributed by atoms with Gasteiger partial charge in [-0.1, -0.05) is 0 Å². The molecule has 6 nitrogen and oxygen atoms in total. The van der Waals surface area contributed by atoms with E-state index in [0.29, 0.717) is 26.3 Å². The second-order valence-corrected chi connectivity index (χ2v) is 4.46. The Morgan fingerprint density at radius 2 is 1.94 bits per heavy atom. The summed E-state index contributed by atoms with van der Waals surface area (Å²) in [4.78, 5) is 26.6. The molecule has 0 unspecified atom stereocenters. The van der Waals surface area contributed by atoms with E-state index in [4.69, 9.17) is 4.74 Å². The van der Waals surface area contributed by atoms with Crippen LogP contribution in [0, 0.1) is 0 Å². The van der Waals surface area contributed by atoms with Gasteiger partial charge in [0.15, 0.2) is 0 Å². The van der Waals surface area contributed by atoms with Gasteiger partial charge in [0, 0.05) is 26.2 Å². The molecule has 1 saturated heterocycles. The maximum Gasteiger partial charge on any atom is 0.320 e. The van der Waals surface area contributed by atoms with Gasteiger partial charge >= 0.3 is 6.03 Å². The first-order valence-corrected chi connectivity index (χ1v) is 5.88. The Morgan fingerprint density at radius 3 is 2.47 bits per heavy atom. The molecule has 0 spiro atoms. The minimum Gasteiger partial charge on any atom is -0.378 e. The normalized spacial score (nSPS) is 15.9. The third-order valence-electron chi connectivity index (χ3n) is 2.44. The lowest BCUT2D eigenvalue weighted by atomic mass is 10.4. The molecule has 1 N–H and O–H groups in total. The summed E-state index contributed by atoms with van der Waals surface area (Å²) in [6.07, 6.45) is 0. The van der Waals surface area contributed by atoms with E-state index in [-0.39, 0.29) is 24.5 Å². The minimum atomic E-state index is -0.135. The van der Waals surface area contributed by atoms with Gasteiger partial charge in [0.1, 0.15) is 6.54 Å². The Balaban J connectivity index is 2.37. The highest BCUT2D eigenvalue weighted by molar-refractivity contribution is 5.84. The summed E-state index contributed by atoms with van der Waals surface area (Å²) in [5, 5.41) is 2.76. The van der Waals surface area contributed by atoms with Crippen LogP contribution in [0.5, 0.6) is 0 Å². The first-order valence-electron chi connectivity index (χ1n) is 5.88. The lowest BCUT2D eigenvalue weighted by Crippen LogP contribution is -2.49. The van der Waals surface area contributed by atoms with Crippen LogP contribution in [0.3, 0.4) is 0 Å². The number of amides is 3. The van der Waals surface area contributed by atoms with Crippen LogP contribution < -0.4 is 5.32 Å². The van der Waals surface area contributed by atoms with E-state index in [1.54, 1.807) is 11.9 Å². The molecule has 6 heteroatoms. The van der Waals surface area contributed by atoms with Crippen molar-refractivity contribution in [3.63, 3.8) is 0 Å². The number of hydrogen-bond donors (Lipinski definition) is 1. The van der Waals surface area contributed by atoms with Crippen LogP contribution in [0.2, 0.25) is 0 Å². The van der Waals surface area contributed by atoms with Gasteiger partial charge in [0.2, 0.25) is 5.91 Å². The van der Waals surface area contributed by atoms with Crippen molar-refractivity contribution in [1.82, 2.24) is 15.1 Å². The standard InChI is InChI=1S/C11H21N3O3/c1-9(2)12-10(15)8-13(3)11(16)14-4-6-17-7-5-14/h9H,4-8H2,1-3H3,(H,12,15). The molecule has 0 aromatic heterocycles. The second kappa shape index (κ2) is 6.44. The molecule has 1 fully saturated rings. The topological polar surface area (TPSA) is 61.9 Å². The third-order valence-corrected chi connectivity index (χ3v) is 2.44. The zero-order chi connectivity index (χ0) is 12.8. The Morgan fingerprint density at radius 1 is 1.35 bits per heavy atom. The van der Waals surface area contributed by atoms with Gasteiger partial charge in [-0.3, -0.25) is 4.79 Å². The molecule has 1 aliphatic heterocycles. The fourth-order valence-corrected chi connectivity index (χ4v) is 1.65. The molecule has 98 valence electrons. The molecule has 3 amide bonds. The van der Waals surface area contributed by atoms with Crippen molar-refractivity contribution in [2.24, 2.45) is 0 Å². The van der Waals surface area contributed by atoms with Gasteiger partial charge in [0.25, 0.3) is 0 Å². The summed E-state index contributed by atoms with van der Waals surface area (Å²) in [6, 6.07) is -0.0263.